The Labute approximate surface area is 117 Å². The van der Waals surface area contributed by atoms with Crippen molar-refractivity contribution in [2.45, 2.75) is 44.6 Å². The Balaban J connectivity index is 1.93. The van der Waals surface area contributed by atoms with Crippen molar-refractivity contribution in [3.05, 3.63) is 35.5 Å². The molecule has 0 bridgehead atoms. The van der Waals surface area contributed by atoms with E-state index in [1.54, 1.807) is 6.07 Å². The SMILES string of the molecule is Cc1cc(F)ccc1-c1noc(C2(N)CCCCC2)n1. The van der Waals surface area contributed by atoms with Crippen LogP contribution >= 0.6 is 0 Å². The van der Waals surface area contributed by atoms with E-state index in [-0.39, 0.29) is 5.82 Å². The molecule has 0 amide bonds. The van der Waals surface area contributed by atoms with Crippen molar-refractivity contribution >= 4 is 0 Å². The molecule has 0 atom stereocenters. The predicted octanol–water partition coefficient (Wildman–Crippen LogP) is 3.30. The lowest BCUT2D eigenvalue weighted by atomic mass is 9.82. The number of aryl methyl sites for hydroxylation is 1. The van der Waals surface area contributed by atoms with Crippen LogP contribution in [0.3, 0.4) is 0 Å². The molecular formula is C15H18FN3O. The predicted molar refractivity (Wildman–Crippen MR) is 73.4 cm³/mol. The monoisotopic (exact) mass is 275 g/mol. The van der Waals surface area contributed by atoms with E-state index in [1.807, 2.05) is 6.92 Å². The van der Waals surface area contributed by atoms with Gasteiger partial charge in [0.1, 0.15) is 5.82 Å². The Kier molecular flexibility index (Phi) is 3.30. The zero-order valence-corrected chi connectivity index (χ0v) is 11.5. The molecular weight excluding hydrogens is 257 g/mol. The van der Waals surface area contributed by atoms with Gasteiger partial charge in [-0.25, -0.2) is 4.39 Å². The lowest BCUT2D eigenvalue weighted by Crippen LogP contribution is -2.38. The van der Waals surface area contributed by atoms with Gasteiger partial charge in [-0.05, 0) is 43.5 Å². The Bertz CT molecular complexity index is 617. The number of benzene rings is 1. The molecule has 2 aromatic rings. The molecule has 20 heavy (non-hydrogen) atoms. The molecule has 5 heteroatoms. The Morgan fingerprint density at radius 3 is 2.70 bits per heavy atom. The number of hydrogen-bond donors (Lipinski definition) is 1. The maximum absolute atomic E-state index is 13.1. The first kappa shape index (κ1) is 13.2. The van der Waals surface area contributed by atoms with Crippen molar-refractivity contribution in [1.82, 2.24) is 10.1 Å². The van der Waals surface area contributed by atoms with E-state index in [0.29, 0.717) is 11.7 Å². The largest absolute Gasteiger partial charge is 0.337 e. The maximum Gasteiger partial charge on any atom is 0.247 e. The fourth-order valence-electron chi connectivity index (χ4n) is 2.81. The Hall–Kier alpha value is -1.75. The molecule has 1 aromatic carbocycles. The second-order valence-electron chi connectivity index (χ2n) is 5.60. The number of halogens is 1. The molecule has 3 rings (SSSR count). The fourth-order valence-corrected chi connectivity index (χ4v) is 2.81. The highest BCUT2D eigenvalue weighted by atomic mass is 19.1. The average molecular weight is 275 g/mol. The third kappa shape index (κ3) is 2.33. The summed E-state index contributed by atoms with van der Waals surface area (Å²) in [4.78, 5) is 4.44. The van der Waals surface area contributed by atoms with Crippen LogP contribution in [0.4, 0.5) is 4.39 Å². The summed E-state index contributed by atoms with van der Waals surface area (Å²) in [6.45, 7) is 1.83. The Morgan fingerprint density at radius 2 is 2.00 bits per heavy atom. The first-order chi connectivity index (χ1) is 9.58. The summed E-state index contributed by atoms with van der Waals surface area (Å²) in [6.07, 6.45) is 5.12. The zero-order valence-electron chi connectivity index (χ0n) is 11.5. The standard InChI is InChI=1S/C15H18FN3O/c1-10-9-11(16)5-6-12(10)13-18-14(20-19-13)15(17)7-3-2-4-8-15/h5-6,9H,2-4,7-8,17H2,1H3. The van der Waals surface area contributed by atoms with Crippen LogP contribution in [0.15, 0.2) is 22.7 Å². The molecule has 2 N–H and O–H groups in total. The number of nitrogens with two attached hydrogens (primary N) is 1. The van der Waals surface area contributed by atoms with E-state index in [1.165, 1.54) is 18.6 Å². The molecule has 1 aliphatic rings. The third-order valence-corrected chi connectivity index (χ3v) is 4.03. The highest BCUT2D eigenvalue weighted by molar-refractivity contribution is 5.59. The molecule has 0 aliphatic heterocycles. The van der Waals surface area contributed by atoms with Crippen molar-refractivity contribution in [2.24, 2.45) is 5.73 Å². The first-order valence-corrected chi connectivity index (χ1v) is 6.98. The summed E-state index contributed by atoms with van der Waals surface area (Å²) in [5, 5.41) is 4.01. The van der Waals surface area contributed by atoms with Crippen LogP contribution < -0.4 is 5.73 Å². The van der Waals surface area contributed by atoms with E-state index in [9.17, 15) is 4.39 Å². The Morgan fingerprint density at radius 1 is 1.25 bits per heavy atom. The van der Waals surface area contributed by atoms with Crippen LogP contribution in [0.1, 0.15) is 43.6 Å². The summed E-state index contributed by atoms with van der Waals surface area (Å²) in [7, 11) is 0. The molecule has 0 saturated heterocycles. The normalized spacial score (nSPS) is 18.1. The maximum atomic E-state index is 13.1. The van der Waals surface area contributed by atoms with Gasteiger partial charge in [0.2, 0.25) is 11.7 Å². The van der Waals surface area contributed by atoms with Gasteiger partial charge in [0.25, 0.3) is 0 Å². The molecule has 106 valence electrons. The van der Waals surface area contributed by atoms with Crippen LogP contribution in [0.5, 0.6) is 0 Å². The molecule has 1 saturated carbocycles. The highest BCUT2D eigenvalue weighted by Gasteiger charge is 2.35. The molecule has 1 aliphatic carbocycles. The minimum atomic E-state index is -0.503. The van der Waals surface area contributed by atoms with Crippen molar-refractivity contribution in [2.75, 3.05) is 0 Å². The van der Waals surface area contributed by atoms with Crippen molar-refractivity contribution < 1.29 is 8.91 Å². The van der Waals surface area contributed by atoms with Gasteiger partial charge in [-0.3, -0.25) is 0 Å². The summed E-state index contributed by atoms with van der Waals surface area (Å²) in [5.74, 6) is 0.710. The topological polar surface area (TPSA) is 64.9 Å². The van der Waals surface area contributed by atoms with Gasteiger partial charge in [-0.2, -0.15) is 4.98 Å². The van der Waals surface area contributed by atoms with E-state index in [2.05, 4.69) is 10.1 Å². The van der Waals surface area contributed by atoms with E-state index in [0.717, 1.165) is 36.8 Å². The van der Waals surface area contributed by atoms with E-state index in [4.69, 9.17) is 10.3 Å². The van der Waals surface area contributed by atoms with Crippen LogP contribution in [-0.4, -0.2) is 10.1 Å². The smallest absolute Gasteiger partial charge is 0.247 e. The van der Waals surface area contributed by atoms with Crippen molar-refractivity contribution in [1.29, 1.82) is 0 Å². The average Bonchev–Trinajstić information content (AvgIpc) is 2.90. The molecule has 4 nitrogen and oxygen atoms in total. The van der Waals surface area contributed by atoms with E-state index >= 15 is 0 Å². The first-order valence-electron chi connectivity index (χ1n) is 6.98. The van der Waals surface area contributed by atoms with Gasteiger partial charge >= 0.3 is 0 Å². The van der Waals surface area contributed by atoms with Gasteiger partial charge in [0.15, 0.2) is 0 Å². The van der Waals surface area contributed by atoms with Crippen LogP contribution in [0.2, 0.25) is 0 Å². The third-order valence-electron chi connectivity index (χ3n) is 4.03. The summed E-state index contributed by atoms with van der Waals surface area (Å²) in [5.41, 5.74) is 7.44. The summed E-state index contributed by atoms with van der Waals surface area (Å²) in [6, 6.07) is 4.53. The van der Waals surface area contributed by atoms with Gasteiger partial charge < -0.3 is 10.3 Å². The molecule has 0 unspecified atom stereocenters. The minimum absolute atomic E-state index is 0.266. The fraction of sp³-hybridized carbons (Fsp3) is 0.467. The molecule has 1 fully saturated rings. The van der Waals surface area contributed by atoms with Gasteiger partial charge in [0, 0.05) is 5.56 Å². The number of aromatic nitrogens is 2. The van der Waals surface area contributed by atoms with Gasteiger partial charge in [0.05, 0.1) is 5.54 Å². The summed E-state index contributed by atoms with van der Waals surface area (Å²) < 4.78 is 18.5. The van der Waals surface area contributed by atoms with Crippen LogP contribution in [-0.2, 0) is 5.54 Å². The number of nitrogens with zero attached hydrogens (tertiary/aromatic N) is 2. The lowest BCUT2D eigenvalue weighted by molar-refractivity contribution is 0.220. The van der Waals surface area contributed by atoms with Crippen LogP contribution in [0.25, 0.3) is 11.4 Å². The quantitative estimate of drug-likeness (QED) is 0.913. The minimum Gasteiger partial charge on any atom is -0.337 e. The van der Waals surface area contributed by atoms with Gasteiger partial charge in [-0.15, -0.1) is 0 Å². The molecule has 1 heterocycles. The lowest BCUT2D eigenvalue weighted by Gasteiger charge is -2.29. The zero-order chi connectivity index (χ0) is 14.2. The number of hydrogen-bond acceptors (Lipinski definition) is 4. The highest BCUT2D eigenvalue weighted by Crippen LogP contribution is 2.34. The second-order valence-corrected chi connectivity index (χ2v) is 5.60. The second kappa shape index (κ2) is 4.98. The van der Waals surface area contributed by atoms with Crippen LogP contribution in [0, 0.1) is 12.7 Å². The molecule has 0 radical (unpaired) electrons. The van der Waals surface area contributed by atoms with Crippen molar-refractivity contribution in [3.63, 3.8) is 0 Å². The number of rotatable bonds is 2. The molecule has 0 spiro atoms. The van der Waals surface area contributed by atoms with Crippen molar-refractivity contribution in [3.8, 4) is 11.4 Å². The van der Waals surface area contributed by atoms with E-state index < -0.39 is 5.54 Å². The van der Waals surface area contributed by atoms with Gasteiger partial charge in [-0.1, -0.05) is 24.4 Å². The summed E-state index contributed by atoms with van der Waals surface area (Å²) >= 11 is 0. The molecule has 1 aromatic heterocycles.